The molecule has 11 heteroatoms. The standard InChI is InChI=1S/C15H17N3O5S2.ClH/c16-25(22,23)12-5-6-13(14(9-12)18(20)21)17-7-8-24-15-4-2-1-3-11(15)10-19;/h1-6,9,17,19H,7-8,10H2,(H2,16,22,23);1H. The molecule has 4 N–H and O–H groups in total. The third-order valence-corrected chi connectivity index (χ3v) is 5.34. The predicted octanol–water partition coefficient (Wildman–Crippen LogP) is 2.36. The Morgan fingerprint density at radius 2 is 1.92 bits per heavy atom. The predicted molar refractivity (Wildman–Crippen MR) is 103 cm³/mol. The van der Waals surface area contributed by atoms with E-state index in [2.05, 4.69) is 5.32 Å². The molecule has 8 nitrogen and oxygen atoms in total. The van der Waals surface area contributed by atoms with Crippen molar-refractivity contribution in [2.75, 3.05) is 17.6 Å². The molecule has 142 valence electrons. The highest BCUT2D eigenvalue weighted by Crippen LogP contribution is 2.28. The minimum atomic E-state index is -4.00. The number of nitrogens with zero attached hydrogens (tertiary/aromatic N) is 1. The second-order valence-corrected chi connectivity index (χ2v) is 7.72. The zero-order chi connectivity index (χ0) is 18.4. The van der Waals surface area contributed by atoms with E-state index in [4.69, 9.17) is 5.14 Å². The second kappa shape index (κ2) is 9.74. The van der Waals surface area contributed by atoms with Gasteiger partial charge in [0, 0.05) is 23.3 Å². The lowest BCUT2D eigenvalue weighted by molar-refractivity contribution is -0.384. The van der Waals surface area contributed by atoms with Gasteiger partial charge in [-0.3, -0.25) is 10.1 Å². The van der Waals surface area contributed by atoms with Gasteiger partial charge in [0.15, 0.2) is 0 Å². The number of nitro benzene ring substituents is 1. The SMILES string of the molecule is Cl.NS(=O)(=O)c1ccc(NCCSc2ccccc2CO)c([N+](=O)[O-])c1. The number of hydrogen-bond donors (Lipinski definition) is 3. The Bertz CT molecular complexity index is 877. The molecule has 0 aliphatic heterocycles. The van der Waals surface area contributed by atoms with Crippen LogP contribution in [-0.2, 0) is 16.6 Å². The van der Waals surface area contributed by atoms with Crippen LogP contribution >= 0.6 is 24.2 Å². The Kier molecular flexibility index (Phi) is 8.31. The number of sulfonamides is 1. The molecule has 0 saturated carbocycles. The van der Waals surface area contributed by atoms with Crippen LogP contribution in [0.3, 0.4) is 0 Å². The summed E-state index contributed by atoms with van der Waals surface area (Å²) in [7, 11) is -4.00. The molecule has 2 aromatic rings. The Labute approximate surface area is 161 Å². The van der Waals surface area contributed by atoms with Crippen molar-refractivity contribution in [3.8, 4) is 0 Å². The molecule has 0 aliphatic rings. The van der Waals surface area contributed by atoms with Crippen molar-refractivity contribution in [1.82, 2.24) is 0 Å². The van der Waals surface area contributed by atoms with E-state index in [1.807, 2.05) is 24.3 Å². The summed E-state index contributed by atoms with van der Waals surface area (Å²) < 4.78 is 22.6. The van der Waals surface area contributed by atoms with Crippen LogP contribution in [0.4, 0.5) is 11.4 Å². The zero-order valence-corrected chi connectivity index (χ0v) is 15.9. The fourth-order valence-corrected chi connectivity index (χ4v) is 3.56. The molecule has 0 spiro atoms. The molecule has 0 saturated heterocycles. The summed E-state index contributed by atoms with van der Waals surface area (Å²) in [5.41, 5.74) is 0.678. The first kappa shape index (κ1) is 22.2. The summed E-state index contributed by atoms with van der Waals surface area (Å²) in [5.74, 6) is 0.602. The van der Waals surface area contributed by atoms with Gasteiger partial charge in [-0.1, -0.05) is 18.2 Å². The number of halogens is 1. The van der Waals surface area contributed by atoms with Crippen LogP contribution in [0.5, 0.6) is 0 Å². The smallest absolute Gasteiger partial charge is 0.293 e. The molecule has 0 radical (unpaired) electrons. The van der Waals surface area contributed by atoms with Crippen molar-refractivity contribution in [2.45, 2.75) is 16.4 Å². The number of hydrogen-bond acceptors (Lipinski definition) is 7. The molecular weight excluding hydrogens is 402 g/mol. The lowest BCUT2D eigenvalue weighted by Crippen LogP contribution is -2.13. The normalized spacial score (nSPS) is 10.8. The third kappa shape index (κ3) is 5.85. The van der Waals surface area contributed by atoms with Crippen LogP contribution < -0.4 is 10.5 Å². The van der Waals surface area contributed by atoms with Crippen molar-refractivity contribution in [2.24, 2.45) is 5.14 Å². The number of primary sulfonamides is 1. The molecule has 26 heavy (non-hydrogen) atoms. The Balaban J connectivity index is 0.00000338. The van der Waals surface area contributed by atoms with Crippen molar-refractivity contribution in [3.63, 3.8) is 0 Å². The summed E-state index contributed by atoms with van der Waals surface area (Å²) >= 11 is 1.50. The van der Waals surface area contributed by atoms with E-state index >= 15 is 0 Å². The lowest BCUT2D eigenvalue weighted by Gasteiger charge is -2.09. The fourth-order valence-electron chi connectivity index (χ4n) is 2.11. The Hall–Kier alpha value is -1.85. The Morgan fingerprint density at radius 1 is 1.23 bits per heavy atom. The molecule has 0 heterocycles. The van der Waals surface area contributed by atoms with Crippen LogP contribution in [0, 0.1) is 10.1 Å². The van der Waals surface area contributed by atoms with Crippen LogP contribution in [-0.4, -0.2) is 30.7 Å². The third-order valence-electron chi connectivity index (χ3n) is 3.31. The molecular formula is C15H18ClN3O5S2. The van der Waals surface area contributed by atoms with Crippen molar-refractivity contribution in [3.05, 3.63) is 58.1 Å². The van der Waals surface area contributed by atoms with Gasteiger partial charge in [-0.2, -0.15) is 0 Å². The van der Waals surface area contributed by atoms with Gasteiger partial charge < -0.3 is 10.4 Å². The maximum Gasteiger partial charge on any atom is 0.293 e. The van der Waals surface area contributed by atoms with E-state index in [9.17, 15) is 23.6 Å². The second-order valence-electron chi connectivity index (χ2n) is 5.02. The van der Waals surface area contributed by atoms with E-state index in [1.165, 1.54) is 23.9 Å². The van der Waals surface area contributed by atoms with Crippen LogP contribution in [0.15, 0.2) is 52.3 Å². The van der Waals surface area contributed by atoms with Crippen LogP contribution in [0.2, 0.25) is 0 Å². The molecule has 2 rings (SSSR count). The molecule has 0 aliphatic carbocycles. The maximum absolute atomic E-state index is 11.3. The number of anilines is 1. The van der Waals surface area contributed by atoms with Gasteiger partial charge in [-0.15, -0.1) is 24.2 Å². The average Bonchev–Trinajstić information content (AvgIpc) is 2.58. The lowest BCUT2D eigenvalue weighted by atomic mass is 10.2. The number of thioether (sulfide) groups is 1. The van der Waals surface area contributed by atoms with Gasteiger partial charge in [0.1, 0.15) is 5.69 Å². The summed E-state index contributed by atoms with van der Waals surface area (Å²) in [6, 6.07) is 10.9. The topological polar surface area (TPSA) is 136 Å². The van der Waals surface area contributed by atoms with Crippen molar-refractivity contribution < 1.29 is 18.4 Å². The van der Waals surface area contributed by atoms with Gasteiger partial charge in [-0.05, 0) is 23.8 Å². The largest absolute Gasteiger partial charge is 0.392 e. The molecule has 0 aromatic heterocycles. The molecule has 0 bridgehead atoms. The van der Waals surface area contributed by atoms with E-state index in [-0.39, 0.29) is 35.3 Å². The number of nitro groups is 1. The quantitative estimate of drug-likeness (QED) is 0.258. The van der Waals surface area contributed by atoms with Gasteiger partial charge in [0.25, 0.3) is 5.69 Å². The summed E-state index contributed by atoms with van der Waals surface area (Å²) in [6.45, 7) is 0.358. The minimum absolute atomic E-state index is 0. The van der Waals surface area contributed by atoms with Crippen LogP contribution in [0.1, 0.15) is 5.56 Å². The highest BCUT2D eigenvalue weighted by atomic mass is 35.5. The number of nitrogens with two attached hydrogens (primary N) is 1. The van der Waals surface area contributed by atoms with E-state index in [0.717, 1.165) is 16.5 Å². The maximum atomic E-state index is 11.3. The van der Waals surface area contributed by atoms with Crippen molar-refractivity contribution in [1.29, 1.82) is 0 Å². The highest BCUT2D eigenvalue weighted by molar-refractivity contribution is 7.99. The molecule has 0 amide bonds. The Morgan fingerprint density at radius 3 is 2.54 bits per heavy atom. The van der Waals surface area contributed by atoms with E-state index in [0.29, 0.717) is 12.3 Å². The molecule has 0 fully saturated rings. The first-order chi connectivity index (χ1) is 11.8. The number of aliphatic hydroxyl groups excluding tert-OH is 1. The minimum Gasteiger partial charge on any atom is -0.392 e. The molecule has 0 atom stereocenters. The number of rotatable bonds is 8. The van der Waals surface area contributed by atoms with Gasteiger partial charge in [-0.25, -0.2) is 13.6 Å². The monoisotopic (exact) mass is 419 g/mol. The van der Waals surface area contributed by atoms with Gasteiger partial charge in [0.05, 0.1) is 16.4 Å². The molecule has 2 aromatic carbocycles. The van der Waals surface area contributed by atoms with Crippen LogP contribution in [0.25, 0.3) is 0 Å². The summed E-state index contributed by atoms with van der Waals surface area (Å²) in [4.78, 5) is 11.1. The average molecular weight is 420 g/mol. The highest BCUT2D eigenvalue weighted by Gasteiger charge is 2.18. The fraction of sp³-hybridized carbons (Fsp3) is 0.200. The summed E-state index contributed by atoms with van der Waals surface area (Å²) in [6.07, 6.45) is 0. The van der Waals surface area contributed by atoms with E-state index < -0.39 is 14.9 Å². The van der Waals surface area contributed by atoms with Gasteiger partial charge >= 0.3 is 0 Å². The summed E-state index contributed by atoms with van der Waals surface area (Å²) in [5, 5.41) is 28.3. The zero-order valence-electron chi connectivity index (χ0n) is 13.5. The number of aliphatic hydroxyl groups is 1. The number of benzene rings is 2. The first-order valence-corrected chi connectivity index (χ1v) is 9.73. The van der Waals surface area contributed by atoms with E-state index in [1.54, 1.807) is 0 Å². The first-order valence-electron chi connectivity index (χ1n) is 7.19. The van der Waals surface area contributed by atoms with Crippen molar-refractivity contribution >= 4 is 45.6 Å². The number of nitrogens with one attached hydrogen (secondary N) is 1. The molecule has 0 unspecified atom stereocenters. The van der Waals surface area contributed by atoms with Gasteiger partial charge in [0.2, 0.25) is 10.0 Å².